The average molecular weight is 1350 g/mol. The summed E-state index contributed by atoms with van der Waals surface area (Å²) in [7, 11) is 5.23. The first kappa shape index (κ1) is 77.2. The Balaban J connectivity index is 0.997. The molecule has 0 spiro atoms. The number of esters is 2. The van der Waals surface area contributed by atoms with Gasteiger partial charge in [-0.2, -0.15) is 0 Å². The summed E-state index contributed by atoms with van der Waals surface area (Å²) in [6.07, 6.45) is -3.39. The third-order valence-corrected chi connectivity index (χ3v) is 19.9. The van der Waals surface area contributed by atoms with E-state index in [4.69, 9.17) is 69.0 Å². The number of oxime groups is 1. The number of aromatic carboxylic acids is 1. The van der Waals surface area contributed by atoms with E-state index in [0.717, 1.165) is 32.1 Å². The molecule has 2 aromatic rings. The van der Waals surface area contributed by atoms with Crippen molar-refractivity contribution in [3.05, 3.63) is 39.1 Å². The van der Waals surface area contributed by atoms with Gasteiger partial charge in [0.15, 0.2) is 18.7 Å². The molecule has 1 aromatic heterocycles. The van der Waals surface area contributed by atoms with Crippen molar-refractivity contribution < 1.29 is 92.1 Å². The van der Waals surface area contributed by atoms with Crippen LogP contribution in [0, 0.1) is 23.7 Å². The van der Waals surface area contributed by atoms with E-state index >= 15 is 0 Å². The lowest BCUT2D eigenvalue weighted by Crippen LogP contribution is -2.61. The Morgan fingerprint density at radius 1 is 0.883 bits per heavy atom. The van der Waals surface area contributed by atoms with Gasteiger partial charge in [-0.1, -0.05) is 50.9 Å². The van der Waals surface area contributed by atoms with E-state index < -0.39 is 125 Å². The number of anilines is 1. The zero-order valence-corrected chi connectivity index (χ0v) is 58.8. The van der Waals surface area contributed by atoms with Crippen molar-refractivity contribution in [3.63, 3.8) is 0 Å². The predicted octanol–water partition coefficient (Wildman–Crippen LogP) is 7.35. The molecular weight excluding hydrogens is 1240 g/mol. The number of methoxy groups -OCH3 is 1. The molecule has 5 aliphatic rings. The van der Waals surface area contributed by atoms with E-state index in [-0.39, 0.29) is 67.5 Å². The number of aliphatic hydroxyl groups is 4. The van der Waals surface area contributed by atoms with E-state index in [2.05, 4.69) is 10.6 Å². The zero-order chi connectivity index (χ0) is 69.2. The van der Waals surface area contributed by atoms with Crippen LogP contribution in [0.4, 0.5) is 5.69 Å². The molecule has 2 aliphatic carbocycles. The zero-order valence-electron chi connectivity index (χ0n) is 58.1. The highest BCUT2D eigenvalue weighted by Gasteiger charge is 2.55. The number of carbonyl (C=O) groups is 3. The van der Waals surface area contributed by atoms with Crippen molar-refractivity contribution in [2.45, 2.75) is 262 Å². The fraction of sp³-hybridized carbons (Fsp3) is 0.809. The van der Waals surface area contributed by atoms with E-state index in [1.165, 1.54) is 20.2 Å². The molecule has 4 heterocycles. The number of hydrogen-bond donors (Lipinski definition) is 7. The summed E-state index contributed by atoms with van der Waals surface area (Å²) in [5, 5.41) is 71.5. The summed E-state index contributed by atoms with van der Waals surface area (Å²) < 4.78 is 65.1. The Bertz CT molecular complexity index is 2900. The highest BCUT2D eigenvalue weighted by Crippen LogP contribution is 2.44. The van der Waals surface area contributed by atoms with Gasteiger partial charge in [0.1, 0.15) is 29.0 Å². The number of rotatable bonds is 27. The molecule has 18 atom stereocenters. The van der Waals surface area contributed by atoms with Gasteiger partial charge in [-0.15, -0.1) is 0 Å². The first-order chi connectivity index (χ1) is 44.3. The number of halogens is 1. The lowest BCUT2D eigenvalue weighted by Gasteiger charge is -2.49. The van der Waals surface area contributed by atoms with E-state index in [0.29, 0.717) is 80.7 Å². The summed E-state index contributed by atoms with van der Waals surface area (Å²) in [4.78, 5) is 61.7. The maximum absolute atomic E-state index is 14.9. The molecule has 0 amide bonds. The highest BCUT2D eigenvalue weighted by atomic mass is 35.5. The first-order valence-corrected chi connectivity index (χ1v) is 34.4. The fourth-order valence-corrected chi connectivity index (χ4v) is 14.5. The number of benzene rings is 1. The average Bonchev–Trinajstić information content (AvgIpc) is 1.34. The molecule has 2 saturated carbocycles. The van der Waals surface area contributed by atoms with Gasteiger partial charge < -0.3 is 97.8 Å². The monoisotopic (exact) mass is 1350 g/mol. The molecule has 94 heavy (non-hydrogen) atoms. The van der Waals surface area contributed by atoms with Crippen molar-refractivity contribution in [1.29, 1.82) is 0 Å². The van der Waals surface area contributed by atoms with Crippen LogP contribution >= 0.6 is 11.6 Å². The van der Waals surface area contributed by atoms with E-state index in [1.54, 1.807) is 60.6 Å². The Morgan fingerprint density at radius 3 is 2.17 bits per heavy atom. The summed E-state index contributed by atoms with van der Waals surface area (Å²) in [6.45, 7) is 23.4. The van der Waals surface area contributed by atoms with Gasteiger partial charge in [0.2, 0.25) is 11.2 Å². The number of carbonyl (C=O) groups excluding carboxylic acids is 2. The molecule has 25 nitrogen and oxygen atoms in total. The Labute approximate surface area is 559 Å². The molecule has 7 N–H and O–H groups in total. The lowest BCUT2D eigenvalue weighted by atomic mass is 9.73. The second-order valence-electron chi connectivity index (χ2n) is 28.1. The van der Waals surface area contributed by atoms with Crippen LogP contribution in [0.2, 0.25) is 5.02 Å². The number of fused-ring (bicyclic) bond motifs is 1. The summed E-state index contributed by atoms with van der Waals surface area (Å²) in [5.74, 6) is -7.27. The van der Waals surface area contributed by atoms with E-state index in [9.17, 15) is 44.7 Å². The topological polar surface area (TPSA) is 316 Å². The summed E-state index contributed by atoms with van der Waals surface area (Å²) >= 11 is 6.59. The Hall–Kier alpha value is -4.16. The highest BCUT2D eigenvalue weighted by molar-refractivity contribution is 6.34. The molecule has 0 bridgehead atoms. The molecule has 5 fully saturated rings. The number of aromatic nitrogens is 1. The fourth-order valence-electron chi connectivity index (χ4n) is 14.2. The molecule has 7 rings (SSSR count). The van der Waals surface area contributed by atoms with Crippen LogP contribution in [0.5, 0.6) is 0 Å². The van der Waals surface area contributed by atoms with Crippen molar-refractivity contribution in [3.8, 4) is 0 Å². The first-order valence-electron chi connectivity index (χ1n) is 34.0. The molecular formula is C68H110ClN5O20. The number of likely N-dealkylation sites (N-methyl/N-ethyl adjacent to an activating group) is 1. The minimum Gasteiger partial charge on any atom is -0.477 e. The number of hydrogen-bond acceptors (Lipinski definition) is 23. The van der Waals surface area contributed by atoms with E-state index in [1.807, 2.05) is 51.3 Å². The number of ether oxygens (including phenoxy) is 10. The third-order valence-electron chi connectivity index (χ3n) is 19.6. The van der Waals surface area contributed by atoms with Crippen LogP contribution in [0.3, 0.4) is 0 Å². The van der Waals surface area contributed by atoms with Gasteiger partial charge in [-0.05, 0) is 127 Å². The van der Waals surface area contributed by atoms with Gasteiger partial charge in [-0.25, -0.2) is 4.79 Å². The van der Waals surface area contributed by atoms with Crippen LogP contribution in [0.25, 0.3) is 10.9 Å². The Morgan fingerprint density at radius 2 is 1.55 bits per heavy atom. The van der Waals surface area contributed by atoms with Crippen molar-refractivity contribution in [2.24, 2.45) is 28.8 Å². The van der Waals surface area contributed by atoms with Crippen LogP contribution in [0.15, 0.2) is 28.3 Å². The summed E-state index contributed by atoms with van der Waals surface area (Å²) in [5.41, 5.74) is -4.50. The molecule has 0 radical (unpaired) electrons. The smallest absolute Gasteiger partial charge is 0.341 e. The summed E-state index contributed by atoms with van der Waals surface area (Å²) in [6, 6.07) is 3.03. The second kappa shape index (κ2) is 33.6. The number of carboxylic acid groups (broad SMARTS) is 1. The molecule has 26 heteroatoms. The maximum atomic E-state index is 14.9. The third kappa shape index (κ3) is 19.2. The quantitative estimate of drug-likeness (QED) is 0.0199. The van der Waals surface area contributed by atoms with Crippen LogP contribution in [0.1, 0.15) is 177 Å². The number of carboxylic acids is 1. The maximum Gasteiger partial charge on any atom is 0.341 e. The molecule has 534 valence electrons. The van der Waals surface area contributed by atoms with Crippen LogP contribution in [-0.4, -0.2) is 222 Å². The minimum absolute atomic E-state index is 0.00946. The largest absolute Gasteiger partial charge is 0.477 e. The van der Waals surface area contributed by atoms with Crippen LogP contribution in [-0.2, 0) is 61.8 Å². The van der Waals surface area contributed by atoms with Crippen LogP contribution < -0.4 is 16.1 Å². The SMILES string of the molecule is CC[C@H]1OC(=O)[C@H](C)[C@@H](O[C@H]2C[C@@](C)(OC)[C@@H](OC(=O)CCNCCOCCOCCNc3cc4c(=O)c(C(=O)O)cn(C5CC5)c4cc3Cl)[C@H](C)O2)[C@H](C)[C@@H](O[C@H]2O[C@@H](C)C[C@@H](N(C)C)[C@@H]2O)[C@](C)(O)C[C@@H](C)C(=NOC2(OC(C)C)CCCCC2)[C@H](C)[C@@H](O)[C@]1(C)O. The molecule has 1 aromatic carbocycles. The molecule has 0 unspecified atom stereocenters. The number of nitrogens with zero attached hydrogens (tertiary/aromatic N) is 3. The van der Waals surface area contributed by atoms with Crippen molar-refractivity contribution >= 4 is 51.8 Å². The molecule has 3 aliphatic heterocycles. The van der Waals surface area contributed by atoms with Gasteiger partial charge in [0.25, 0.3) is 0 Å². The standard InChI is InChI=1S/C68H110ClN5O20/c1-16-52-67(12,83)59(78)41(6)55(72-94-68(93-38(2)3)23-18-17-19-24-68)39(4)35-65(10,82)60(92-64-57(77)51(73(13)14)32-40(5)87-64)42(7)58(43(8)63(81)89-52)91-54-36-66(11,84-15)61(44(9)88-54)90-53(75)22-25-70-26-28-85-30-31-86-29-27-71-49-33-46-50(34-48(49)69)74(45-20-21-45)37-47(56(46)76)62(79)80/h33-34,37-45,51-52,54,57-61,64,70-71,77-78,82-83H,16-32,35-36H2,1-15H3,(H,79,80)/t39-,40+,41+,42+,43-,44+,51-,52-,54+,57+,58+,59-,60-,61+,64-,65-,66-,67-/m1/s1. The number of pyridine rings is 1. The predicted molar refractivity (Wildman–Crippen MR) is 352 cm³/mol. The number of nitrogens with one attached hydrogen (secondary N) is 2. The van der Waals surface area contributed by atoms with Crippen molar-refractivity contribution in [1.82, 2.24) is 14.8 Å². The van der Waals surface area contributed by atoms with Gasteiger partial charge >= 0.3 is 17.9 Å². The normalized spacial score (nSPS) is 35.1. The van der Waals surface area contributed by atoms with Crippen molar-refractivity contribution in [2.75, 3.05) is 72.6 Å². The lowest BCUT2D eigenvalue weighted by molar-refractivity contribution is -0.318. The van der Waals surface area contributed by atoms with Gasteiger partial charge in [-0.3, -0.25) is 14.4 Å². The van der Waals surface area contributed by atoms with Gasteiger partial charge in [0, 0.05) is 87.4 Å². The molecule has 3 saturated heterocycles. The minimum atomic E-state index is -2.03. The number of aliphatic hydroxyl groups excluding tert-OH is 2. The Kier molecular flexibility index (Phi) is 27.6. The number of cyclic esters (lactones) is 1. The second-order valence-corrected chi connectivity index (χ2v) is 28.5. The van der Waals surface area contributed by atoms with Gasteiger partial charge in [0.05, 0.1) is 103 Å².